The van der Waals surface area contributed by atoms with Crippen LogP contribution in [-0.2, 0) is 9.59 Å². The number of carbonyl (C=O) groups excluding carboxylic acids is 2. The number of nitrogens with zero attached hydrogens (tertiary/aromatic N) is 2. The summed E-state index contributed by atoms with van der Waals surface area (Å²) in [6.07, 6.45) is 0.897. The van der Waals surface area contributed by atoms with E-state index in [1.807, 2.05) is 30.0 Å². The number of hydrogen-bond acceptors (Lipinski definition) is 4. The molecular formula is C17H25N3O3. The Balaban J connectivity index is 2.31. The predicted molar refractivity (Wildman–Crippen MR) is 90.5 cm³/mol. The summed E-state index contributed by atoms with van der Waals surface area (Å²) in [4.78, 5) is 28.8. The number of hydrogen-bond donors (Lipinski definition) is 2. The molecule has 0 saturated carbocycles. The van der Waals surface area contributed by atoms with Crippen LogP contribution in [0.15, 0.2) is 24.3 Å². The molecule has 1 aliphatic heterocycles. The van der Waals surface area contributed by atoms with Gasteiger partial charge in [-0.2, -0.15) is 0 Å². The third-order valence-corrected chi connectivity index (χ3v) is 4.07. The number of anilines is 2. The highest BCUT2D eigenvalue weighted by molar-refractivity contribution is 6.14. The minimum atomic E-state index is -0.956. The molecular weight excluding hydrogens is 294 g/mol. The van der Waals surface area contributed by atoms with Crippen molar-refractivity contribution in [2.24, 2.45) is 0 Å². The Labute approximate surface area is 137 Å². The molecule has 0 radical (unpaired) electrons. The Bertz CT molecular complexity index is 580. The Morgan fingerprint density at radius 2 is 2.00 bits per heavy atom. The molecule has 0 atom stereocenters. The Kier molecular flexibility index (Phi) is 5.38. The van der Waals surface area contributed by atoms with Crippen LogP contribution in [0.2, 0.25) is 0 Å². The van der Waals surface area contributed by atoms with Gasteiger partial charge in [-0.15, -0.1) is 0 Å². The lowest BCUT2D eigenvalue weighted by molar-refractivity contribution is -0.127. The van der Waals surface area contributed by atoms with Crippen LogP contribution >= 0.6 is 0 Å². The Hall–Kier alpha value is -1.92. The van der Waals surface area contributed by atoms with Gasteiger partial charge in [0.15, 0.2) is 0 Å². The van der Waals surface area contributed by atoms with Crippen LogP contribution in [0.5, 0.6) is 0 Å². The van der Waals surface area contributed by atoms with Gasteiger partial charge in [0, 0.05) is 6.54 Å². The van der Waals surface area contributed by atoms with E-state index in [1.54, 1.807) is 24.8 Å². The molecule has 126 valence electrons. The van der Waals surface area contributed by atoms with E-state index >= 15 is 0 Å². The van der Waals surface area contributed by atoms with Crippen molar-refractivity contribution in [2.75, 3.05) is 36.5 Å². The molecule has 0 fully saturated rings. The monoisotopic (exact) mass is 319 g/mol. The first-order chi connectivity index (χ1) is 10.9. The standard InChI is InChI=1S/C17H25N3O3/c1-4-9-19(10-11-21)12-15(22)20-14-8-6-5-7-13(14)18-16(23)17(20,2)3/h5-8,21H,4,9-12H2,1-3H3,(H,18,23). The summed E-state index contributed by atoms with van der Waals surface area (Å²) < 4.78 is 0. The zero-order chi connectivity index (χ0) is 17.0. The third-order valence-electron chi connectivity index (χ3n) is 4.07. The first-order valence-corrected chi connectivity index (χ1v) is 7.98. The first kappa shape index (κ1) is 17.4. The van der Waals surface area contributed by atoms with Crippen LogP contribution in [0.1, 0.15) is 27.2 Å². The molecule has 2 N–H and O–H groups in total. The molecule has 23 heavy (non-hydrogen) atoms. The van der Waals surface area contributed by atoms with Gasteiger partial charge in [0.25, 0.3) is 0 Å². The molecule has 2 rings (SSSR count). The Morgan fingerprint density at radius 1 is 1.30 bits per heavy atom. The van der Waals surface area contributed by atoms with Crippen molar-refractivity contribution >= 4 is 23.2 Å². The molecule has 2 amide bonds. The molecule has 0 spiro atoms. The minimum absolute atomic E-state index is 0.00768. The van der Waals surface area contributed by atoms with E-state index in [0.717, 1.165) is 13.0 Å². The summed E-state index contributed by atoms with van der Waals surface area (Å²) in [6.45, 7) is 6.88. The van der Waals surface area contributed by atoms with E-state index in [-0.39, 0.29) is 25.0 Å². The lowest BCUT2D eigenvalue weighted by Crippen LogP contribution is -2.60. The lowest BCUT2D eigenvalue weighted by atomic mass is 9.96. The number of para-hydroxylation sites is 2. The van der Waals surface area contributed by atoms with Gasteiger partial charge in [0.2, 0.25) is 11.8 Å². The molecule has 1 aromatic carbocycles. The van der Waals surface area contributed by atoms with Crippen molar-refractivity contribution in [2.45, 2.75) is 32.7 Å². The molecule has 0 aromatic heterocycles. The molecule has 6 nitrogen and oxygen atoms in total. The summed E-state index contributed by atoms with van der Waals surface area (Å²) in [6, 6.07) is 7.31. The maximum Gasteiger partial charge on any atom is 0.250 e. The van der Waals surface area contributed by atoms with Crippen LogP contribution < -0.4 is 10.2 Å². The van der Waals surface area contributed by atoms with Crippen LogP contribution in [0.25, 0.3) is 0 Å². The van der Waals surface area contributed by atoms with Gasteiger partial charge >= 0.3 is 0 Å². The maximum absolute atomic E-state index is 12.9. The summed E-state index contributed by atoms with van der Waals surface area (Å²) >= 11 is 0. The Morgan fingerprint density at radius 3 is 2.65 bits per heavy atom. The van der Waals surface area contributed by atoms with E-state index in [1.165, 1.54) is 0 Å². The minimum Gasteiger partial charge on any atom is -0.395 e. The average molecular weight is 319 g/mol. The number of benzene rings is 1. The van der Waals surface area contributed by atoms with Crippen molar-refractivity contribution in [3.63, 3.8) is 0 Å². The molecule has 0 unspecified atom stereocenters. The molecule has 1 heterocycles. The molecule has 0 saturated heterocycles. The fourth-order valence-corrected chi connectivity index (χ4v) is 2.89. The SMILES string of the molecule is CCCN(CCO)CC(=O)N1c2ccccc2NC(=O)C1(C)C. The smallest absolute Gasteiger partial charge is 0.250 e. The molecule has 0 bridgehead atoms. The number of aliphatic hydroxyl groups is 1. The number of rotatable bonds is 6. The number of carbonyl (C=O) groups is 2. The van der Waals surface area contributed by atoms with Gasteiger partial charge in [-0.25, -0.2) is 0 Å². The van der Waals surface area contributed by atoms with E-state index in [2.05, 4.69) is 5.32 Å². The molecule has 6 heteroatoms. The first-order valence-electron chi connectivity index (χ1n) is 7.98. The lowest BCUT2D eigenvalue weighted by Gasteiger charge is -2.42. The van der Waals surface area contributed by atoms with Crippen molar-refractivity contribution in [1.82, 2.24) is 4.90 Å². The topological polar surface area (TPSA) is 72.9 Å². The molecule has 1 aromatic rings. The third kappa shape index (κ3) is 3.54. The zero-order valence-corrected chi connectivity index (χ0v) is 14.0. The van der Waals surface area contributed by atoms with Gasteiger partial charge in [-0.05, 0) is 38.9 Å². The zero-order valence-electron chi connectivity index (χ0n) is 14.0. The summed E-state index contributed by atoms with van der Waals surface area (Å²) in [5, 5.41) is 12.0. The van der Waals surface area contributed by atoms with Crippen LogP contribution in [0.3, 0.4) is 0 Å². The number of aliphatic hydroxyl groups excluding tert-OH is 1. The van der Waals surface area contributed by atoms with E-state index in [0.29, 0.717) is 17.9 Å². The highest BCUT2D eigenvalue weighted by Gasteiger charge is 2.43. The average Bonchev–Trinajstić information content (AvgIpc) is 2.48. The van der Waals surface area contributed by atoms with Gasteiger partial charge in [0.1, 0.15) is 5.54 Å². The van der Waals surface area contributed by atoms with Crippen LogP contribution in [0.4, 0.5) is 11.4 Å². The van der Waals surface area contributed by atoms with Crippen LogP contribution in [0, 0.1) is 0 Å². The van der Waals surface area contributed by atoms with Gasteiger partial charge in [0.05, 0.1) is 24.5 Å². The van der Waals surface area contributed by atoms with Gasteiger partial charge in [-0.3, -0.25) is 19.4 Å². The van der Waals surface area contributed by atoms with E-state index in [9.17, 15) is 9.59 Å². The largest absolute Gasteiger partial charge is 0.395 e. The second kappa shape index (κ2) is 7.10. The van der Waals surface area contributed by atoms with Crippen molar-refractivity contribution in [3.05, 3.63) is 24.3 Å². The summed E-state index contributed by atoms with van der Waals surface area (Å²) in [7, 11) is 0. The van der Waals surface area contributed by atoms with E-state index in [4.69, 9.17) is 5.11 Å². The van der Waals surface area contributed by atoms with Crippen molar-refractivity contribution in [1.29, 1.82) is 0 Å². The molecule has 0 aliphatic carbocycles. The number of amides is 2. The van der Waals surface area contributed by atoms with Crippen LogP contribution in [-0.4, -0.2) is 53.6 Å². The van der Waals surface area contributed by atoms with Gasteiger partial charge in [-0.1, -0.05) is 19.1 Å². The summed E-state index contributed by atoms with van der Waals surface area (Å²) in [5.41, 5.74) is 0.402. The van der Waals surface area contributed by atoms with Crippen molar-refractivity contribution in [3.8, 4) is 0 Å². The normalized spacial score (nSPS) is 16.2. The van der Waals surface area contributed by atoms with E-state index < -0.39 is 5.54 Å². The second-order valence-corrected chi connectivity index (χ2v) is 6.26. The van der Waals surface area contributed by atoms with Crippen molar-refractivity contribution < 1.29 is 14.7 Å². The quantitative estimate of drug-likeness (QED) is 0.832. The fraction of sp³-hybridized carbons (Fsp3) is 0.529. The highest BCUT2D eigenvalue weighted by atomic mass is 16.3. The maximum atomic E-state index is 12.9. The molecule has 1 aliphatic rings. The van der Waals surface area contributed by atoms with Gasteiger partial charge < -0.3 is 10.4 Å². The summed E-state index contributed by atoms with van der Waals surface area (Å²) in [5.74, 6) is -0.340. The predicted octanol–water partition coefficient (Wildman–Crippen LogP) is 1.45. The second-order valence-electron chi connectivity index (χ2n) is 6.26. The fourth-order valence-electron chi connectivity index (χ4n) is 2.89. The number of fused-ring (bicyclic) bond motifs is 1. The highest BCUT2D eigenvalue weighted by Crippen LogP contribution is 2.36. The number of nitrogens with one attached hydrogen (secondary N) is 1.